The maximum absolute atomic E-state index is 13.0. The first kappa shape index (κ1) is 19.6. The van der Waals surface area contributed by atoms with Gasteiger partial charge in [-0.25, -0.2) is 4.79 Å². The van der Waals surface area contributed by atoms with Gasteiger partial charge in [-0.05, 0) is 12.5 Å². The van der Waals surface area contributed by atoms with Crippen LogP contribution in [-0.2, 0) is 9.59 Å². The summed E-state index contributed by atoms with van der Waals surface area (Å²) in [6, 6.07) is 9.82. The van der Waals surface area contributed by atoms with Crippen LogP contribution < -0.4 is 5.32 Å². The molecule has 5 heteroatoms. The van der Waals surface area contributed by atoms with E-state index in [2.05, 4.69) is 50.5 Å². The van der Waals surface area contributed by atoms with Gasteiger partial charge < -0.3 is 5.32 Å². The fourth-order valence-corrected chi connectivity index (χ4v) is 8.42. The summed E-state index contributed by atoms with van der Waals surface area (Å²) in [5.74, 6) is 2.12. The van der Waals surface area contributed by atoms with Crippen molar-refractivity contribution >= 4 is 28.0 Å². The van der Waals surface area contributed by atoms with E-state index in [1.165, 1.54) is 0 Å². The molecule has 0 spiro atoms. The molecule has 0 fully saturated rings. The van der Waals surface area contributed by atoms with Crippen LogP contribution in [-0.4, -0.2) is 28.0 Å². The molecule has 0 saturated carbocycles. The second kappa shape index (κ2) is 7.43. The molecule has 1 N–H and O–H groups in total. The molecule has 0 aliphatic carbocycles. The first-order valence-electron chi connectivity index (χ1n) is 8.09. The molecule has 2 atom stereocenters. The lowest BCUT2D eigenvalue weighted by atomic mass is 10.1. The predicted molar refractivity (Wildman–Crippen MR) is 103 cm³/mol. The van der Waals surface area contributed by atoms with E-state index in [-0.39, 0.29) is 17.5 Å². The van der Waals surface area contributed by atoms with Gasteiger partial charge in [0.2, 0.25) is 5.91 Å². The normalized spacial score (nSPS) is 14.6. The molecule has 0 aromatic heterocycles. The van der Waals surface area contributed by atoms with E-state index in [4.69, 9.17) is 0 Å². The summed E-state index contributed by atoms with van der Waals surface area (Å²) in [6.45, 7) is 14.7. The second-order valence-corrected chi connectivity index (χ2v) is 18.6. The van der Waals surface area contributed by atoms with Gasteiger partial charge in [0.25, 0.3) is 0 Å². The lowest BCUT2D eigenvalue weighted by Crippen LogP contribution is -2.46. The Kier molecular flexibility index (Phi) is 6.34. The number of carbonyl (C=O) groups is 1. The van der Waals surface area contributed by atoms with Crippen molar-refractivity contribution in [2.24, 2.45) is 0 Å². The number of amides is 1. The van der Waals surface area contributed by atoms with Crippen molar-refractivity contribution in [1.82, 2.24) is 5.32 Å². The van der Waals surface area contributed by atoms with Crippen molar-refractivity contribution in [3.8, 4) is 0 Å². The quantitative estimate of drug-likeness (QED) is 0.619. The van der Waals surface area contributed by atoms with Crippen LogP contribution in [0.1, 0.15) is 18.5 Å². The zero-order chi connectivity index (χ0) is 17.8. The van der Waals surface area contributed by atoms with E-state index in [9.17, 15) is 9.59 Å². The van der Waals surface area contributed by atoms with E-state index in [0.29, 0.717) is 0 Å². The van der Waals surface area contributed by atoms with Gasteiger partial charge in [0.05, 0.1) is 27.7 Å². The topological polar surface area (TPSA) is 46.2 Å². The minimum atomic E-state index is -1.89. The van der Waals surface area contributed by atoms with Crippen LogP contribution in [0.4, 0.5) is 0 Å². The summed E-state index contributed by atoms with van der Waals surface area (Å²) in [7, 11) is -3.77. The van der Waals surface area contributed by atoms with Gasteiger partial charge in [-0.1, -0.05) is 69.6 Å². The Morgan fingerprint density at radius 1 is 1.04 bits per heavy atom. The Balaban J connectivity index is 3.10. The molecular weight excluding hydrogens is 318 g/mol. The molecule has 0 heterocycles. The molecule has 1 aromatic rings. The highest BCUT2D eigenvalue weighted by Crippen LogP contribution is 2.34. The van der Waals surface area contributed by atoms with E-state index < -0.39 is 16.1 Å². The molecule has 1 rings (SSSR count). The highest BCUT2D eigenvalue weighted by atomic mass is 28.3. The third-order valence-corrected chi connectivity index (χ3v) is 8.57. The first-order chi connectivity index (χ1) is 10.5. The average molecular weight is 348 g/mol. The summed E-state index contributed by atoms with van der Waals surface area (Å²) < 4.78 is 0. The highest BCUT2D eigenvalue weighted by Gasteiger charge is 2.42. The van der Waals surface area contributed by atoms with Crippen molar-refractivity contribution in [3.63, 3.8) is 0 Å². The highest BCUT2D eigenvalue weighted by molar-refractivity contribution is 6.90. The monoisotopic (exact) mass is 347 g/mol. The number of hydrogen-bond acceptors (Lipinski definition) is 2. The maximum Gasteiger partial charge on any atom is 0.225 e. The molecular formula is C18H29NO2Si2. The van der Waals surface area contributed by atoms with Crippen molar-refractivity contribution in [2.45, 2.75) is 57.8 Å². The molecule has 23 heavy (non-hydrogen) atoms. The van der Waals surface area contributed by atoms with Crippen LogP contribution in [0.3, 0.4) is 0 Å². The number of rotatable bonds is 6. The van der Waals surface area contributed by atoms with Gasteiger partial charge >= 0.3 is 0 Å². The van der Waals surface area contributed by atoms with Gasteiger partial charge in [0, 0.05) is 5.20 Å². The summed E-state index contributed by atoms with van der Waals surface area (Å²) in [6.07, 6.45) is 0. The minimum Gasteiger partial charge on any atom is -0.349 e. The van der Waals surface area contributed by atoms with Crippen molar-refractivity contribution < 1.29 is 9.59 Å². The number of benzene rings is 1. The van der Waals surface area contributed by atoms with Crippen molar-refractivity contribution in [3.05, 3.63) is 41.1 Å². The molecule has 0 aliphatic heterocycles. The molecule has 0 saturated heterocycles. The van der Waals surface area contributed by atoms with E-state index in [0.717, 1.165) is 10.8 Å². The predicted octanol–water partition coefficient (Wildman–Crippen LogP) is 4.21. The van der Waals surface area contributed by atoms with Crippen LogP contribution in [0.15, 0.2) is 35.5 Å². The fraction of sp³-hybridized carbons (Fsp3) is 0.500. The van der Waals surface area contributed by atoms with Crippen molar-refractivity contribution in [1.29, 1.82) is 0 Å². The first-order valence-corrected chi connectivity index (χ1v) is 15.2. The van der Waals surface area contributed by atoms with Crippen molar-refractivity contribution in [2.75, 3.05) is 0 Å². The maximum atomic E-state index is 13.0. The smallest absolute Gasteiger partial charge is 0.225 e. The number of nitrogens with one attached hydrogen (secondary N) is 1. The minimum absolute atomic E-state index is 0.0266. The second-order valence-electron chi connectivity index (χ2n) is 8.21. The van der Waals surface area contributed by atoms with Gasteiger partial charge in [-0.3, -0.25) is 4.79 Å². The van der Waals surface area contributed by atoms with Crippen LogP contribution in [0.2, 0.25) is 44.8 Å². The Bertz CT molecular complexity index is 594. The van der Waals surface area contributed by atoms with Crippen LogP contribution >= 0.6 is 0 Å². The molecule has 1 aromatic carbocycles. The average Bonchev–Trinajstić information content (AvgIpc) is 2.42. The molecule has 0 bridgehead atoms. The molecule has 1 amide bonds. The number of carbonyl (C=O) groups excluding carboxylic acids is 2. The molecule has 0 radical (unpaired) electrons. The standard InChI is InChI=1S/C18H29NO2Si2/c1-14(15-11-9-8-10-12-15)19-18(21)17(23(5,6)7)16(13-20)22(2,3)4/h8-12,14,17H,1-7H3,(H,19,21)/t14-,17+/m1/s1. The molecule has 126 valence electrons. The van der Waals surface area contributed by atoms with E-state index in [1.54, 1.807) is 0 Å². The fourth-order valence-electron chi connectivity index (χ4n) is 2.72. The Hall–Kier alpha value is -1.43. The SMILES string of the molecule is C[C@@H](NC(=O)[C@H](C(=C=O)[Si](C)(C)C)[Si](C)(C)C)c1ccccc1. The number of hydrogen-bond donors (Lipinski definition) is 1. The summed E-state index contributed by atoms with van der Waals surface area (Å²) >= 11 is 0. The zero-order valence-corrected chi connectivity index (χ0v) is 17.4. The summed E-state index contributed by atoms with van der Waals surface area (Å²) in [5, 5.41) is 3.83. The van der Waals surface area contributed by atoms with Gasteiger partial charge in [-0.15, -0.1) is 0 Å². The largest absolute Gasteiger partial charge is 0.349 e. The molecule has 0 unspecified atom stereocenters. The van der Waals surface area contributed by atoms with Gasteiger partial charge in [0.15, 0.2) is 0 Å². The van der Waals surface area contributed by atoms with Crippen LogP contribution in [0, 0.1) is 0 Å². The lowest BCUT2D eigenvalue weighted by Gasteiger charge is -2.34. The zero-order valence-electron chi connectivity index (χ0n) is 15.4. The Morgan fingerprint density at radius 2 is 1.57 bits per heavy atom. The third kappa shape index (κ3) is 5.31. The third-order valence-electron chi connectivity index (χ3n) is 3.99. The van der Waals surface area contributed by atoms with E-state index in [1.807, 2.05) is 37.3 Å². The summed E-state index contributed by atoms with van der Waals surface area (Å²) in [5.41, 5.74) is 0.762. The summed E-state index contributed by atoms with van der Waals surface area (Å²) in [4.78, 5) is 24.6. The Morgan fingerprint density at radius 3 is 1.96 bits per heavy atom. The van der Waals surface area contributed by atoms with Gasteiger partial charge in [0.1, 0.15) is 5.94 Å². The van der Waals surface area contributed by atoms with Crippen LogP contribution in [0.25, 0.3) is 0 Å². The molecule has 0 aliphatic rings. The van der Waals surface area contributed by atoms with E-state index >= 15 is 0 Å². The van der Waals surface area contributed by atoms with Crippen LogP contribution in [0.5, 0.6) is 0 Å². The lowest BCUT2D eigenvalue weighted by molar-refractivity contribution is -0.121. The molecule has 3 nitrogen and oxygen atoms in total. The van der Waals surface area contributed by atoms with Gasteiger partial charge in [-0.2, -0.15) is 0 Å². The Labute approximate surface area is 142 Å².